The van der Waals surface area contributed by atoms with Crippen molar-refractivity contribution in [1.82, 2.24) is 25.2 Å². The number of guanidine groups is 1. The fourth-order valence-corrected chi connectivity index (χ4v) is 3.50. The van der Waals surface area contributed by atoms with Crippen LogP contribution in [0.15, 0.2) is 53.4 Å². The van der Waals surface area contributed by atoms with Crippen LogP contribution in [0.3, 0.4) is 0 Å². The summed E-state index contributed by atoms with van der Waals surface area (Å²) in [6.07, 6.45) is 1.45. The minimum atomic E-state index is -4.40. The minimum Gasteiger partial charge on any atom is -0.357 e. The number of benzene rings is 1. The van der Waals surface area contributed by atoms with Gasteiger partial charge in [0.25, 0.3) is 0 Å². The molecule has 2 heterocycles. The van der Waals surface area contributed by atoms with E-state index in [1.165, 1.54) is 5.56 Å². The number of halogens is 4. The first-order chi connectivity index (χ1) is 14.4. The topological polar surface area (TPSA) is 67.1 Å². The van der Waals surface area contributed by atoms with Crippen molar-refractivity contribution >= 4 is 41.3 Å². The number of rotatable bonds is 8. The van der Waals surface area contributed by atoms with Gasteiger partial charge in [0, 0.05) is 43.8 Å². The fourth-order valence-electron chi connectivity index (χ4n) is 2.70. The molecule has 2 N–H and O–H groups in total. The maximum Gasteiger partial charge on any atom is 0.434 e. The van der Waals surface area contributed by atoms with Gasteiger partial charge in [-0.1, -0.05) is 24.3 Å². The predicted octanol–water partition coefficient (Wildman–Crippen LogP) is 4.32. The van der Waals surface area contributed by atoms with Crippen LogP contribution in [0.25, 0.3) is 0 Å². The Morgan fingerprint density at radius 3 is 2.52 bits per heavy atom. The molecule has 1 aromatic carbocycles. The molecule has 0 spiro atoms. The number of imidazole rings is 1. The van der Waals surface area contributed by atoms with Crippen LogP contribution in [0.4, 0.5) is 13.2 Å². The predicted molar refractivity (Wildman–Crippen MR) is 127 cm³/mol. The van der Waals surface area contributed by atoms with Crippen LogP contribution in [0.2, 0.25) is 0 Å². The van der Waals surface area contributed by atoms with Gasteiger partial charge in [0.05, 0.1) is 17.9 Å². The van der Waals surface area contributed by atoms with Gasteiger partial charge in [-0.25, -0.2) is 15.0 Å². The zero-order valence-electron chi connectivity index (χ0n) is 16.9. The molecule has 0 saturated carbocycles. The third-order valence-electron chi connectivity index (χ3n) is 4.18. The highest BCUT2D eigenvalue weighted by Gasteiger charge is 2.33. The van der Waals surface area contributed by atoms with Crippen LogP contribution in [0.5, 0.6) is 0 Å². The van der Waals surface area contributed by atoms with E-state index in [0.717, 1.165) is 28.8 Å². The Hall–Kier alpha value is -2.15. The average molecular weight is 564 g/mol. The van der Waals surface area contributed by atoms with Gasteiger partial charge < -0.3 is 15.2 Å². The summed E-state index contributed by atoms with van der Waals surface area (Å²) in [6.45, 7) is 4.35. The summed E-state index contributed by atoms with van der Waals surface area (Å²) in [7, 11) is 0. The van der Waals surface area contributed by atoms with Crippen LogP contribution in [-0.2, 0) is 25.7 Å². The molecule has 0 atom stereocenters. The minimum absolute atomic E-state index is 0. The molecule has 0 amide bonds. The first-order valence-electron chi connectivity index (χ1n) is 9.51. The molecule has 3 aromatic rings. The Bertz CT molecular complexity index is 939. The molecule has 0 fully saturated rings. The SMILES string of the molecule is CCNC(=NCc1ccc(Cn2ccnc2)cc1)NCCc1nc(C(F)(F)F)cs1.I. The molecule has 3 rings (SSSR count). The molecular formula is C20H24F3IN6S. The molecule has 0 aliphatic heterocycles. The lowest BCUT2D eigenvalue weighted by molar-refractivity contribution is -0.140. The van der Waals surface area contributed by atoms with Gasteiger partial charge in [0.1, 0.15) is 0 Å². The number of aromatic nitrogens is 3. The van der Waals surface area contributed by atoms with Crippen molar-refractivity contribution in [2.75, 3.05) is 13.1 Å². The summed E-state index contributed by atoms with van der Waals surface area (Å²) in [5.41, 5.74) is 1.41. The van der Waals surface area contributed by atoms with E-state index in [4.69, 9.17) is 0 Å². The molecule has 0 saturated heterocycles. The Labute approximate surface area is 200 Å². The lowest BCUT2D eigenvalue weighted by Crippen LogP contribution is -2.38. The molecule has 0 unspecified atom stereocenters. The Kier molecular flexibility index (Phi) is 9.75. The Morgan fingerprint density at radius 1 is 1.16 bits per heavy atom. The highest BCUT2D eigenvalue weighted by atomic mass is 127. The summed E-state index contributed by atoms with van der Waals surface area (Å²) in [5, 5.41) is 7.77. The highest BCUT2D eigenvalue weighted by molar-refractivity contribution is 14.0. The van der Waals surface area contributed by atoms with Gasteiger partial charge >= 0.3 is 6.18 Å². The highest BCUT2D eigenvalue weighted by Crippen LogP contribution is 2.29. The van der Waals surface area contributed by atoms with Crippen molar-refractivity contribution in [2.24, 2.45) is 4.99 Å². The number of hydrogen-bond donors (Lipinski definition) is 2. The third-order valence-corrected chi connectivity index (χ3v) is 5.09. The summed E-state index contributed by atoms with van der Waals surface area (Å²) in [5.74, 6) is 0.618. The number of hydrogen-bond acceptors (Lipinski definition) is 4. The smallest absolute Gasteiger partial charge is 0.357 e. The summed E-state index contributed by atoms with van der Waals surface area (Å²) in [6, 6.07) is 8.19. The molecular weight excluding hydrogens is 540 g/mol. The lowest BCUT2D eigenvalue weighted by atomic mass is 10.1. The summed E-state index contributed by atoms with van der Waals surface area (Å²) < 4.78 is 39.9. The van der Waals surface area contributed by atoms with E-state index < -0.39 is 11.9 Å². The number of alkyl halides is 3. The molecule has 0 radical (unpaired) electrons. The van der Waals surface area contributed by atoms with Gasteiger partial charge in [-0.3, -0.25) is 0 Å². The zero-order chi connectivity index (χ0) is 21.4. The summed E-state index contributed by atoms with van der Waals surface area (Å²) >= 11 is 1.02. The third kappa shape index (κ3) is 8.13. The van der Waals surface area contributed by atoms with E-state index in [1.54, 1.807) is 12.5 Å². The first-order valence-corrected chi connectivity index (χ1v) is 10.4. The van der Waals surface area contributed by atoms with Gasteiger partial charge in [-0.05, 0) is 18.1 Å². The van der Waals surface area contributed by atoms with Gasteiger partial charge in [0.15, 0.2) is 11.7 Å². The molecule has 11 heteroatoms. The van der Waals surface area contributed by atoms with Crippen molar-refractivity contribution in [3.05, 3.63) is 70.2 Å². The molecule has 168 valence electrons. The van der Waals surface area contributed by atoms with E-state index >= 15 is 0 Å². The van der Waals surface area contributed by atoms with Crippen LogP contribution >= 0.6 is 35.3 Å². The number of thiazole rings is 1. The standard InChI is InChI=1S/C20H23F3N6S.HI/c1-2-25-19(26-8-7-18-28-17(13-30-18)20(21,22)23)27-11-15-3-5-16(6-4-15)12-29-10-9-24-14-29;/h3-6,9-10,13-14H,2,7-8,11-12H2,1H3,(H2,25,26,27);1H. The average Bonchev–Trinajstić information content (AvgIpc) is 3.39. The fraction of sp³-hybridized carbons (Fsp3) is 0.350. The molecule has 2 aromatic heterocycles. The monoisotopic (exact) mass is 564 g/mol. The van der Waals surface area contributed by atoms with Crippen molar-refractivity contribution in [2.45, 2.75) is 32.6 Å². The Morgan fingerprint density at radius 2 is 1.90 bits per heavy atom. The van der Waals surface area contributed by atoms with Gasteiger partial charge in [0.2, 0.25) is 0 Å². The van der Waals surface area contributed by atoms with Crippen molar-refractivity contribution in [3.63, 3.8) is 0 Å². The second-order valence-corrected chi connectivity index (χ2v) is 7.49. The maximum atomic E-state index is 12.6. The van der Waals surface area contributed by atoms with E-state index in [0.29, 0.717) is 37.0 Å². The maximum absolute atomic E-state index is 12.6. The normalized spacial score (nSPS) is 11.8. The Balaban J connectivity index is 0.00000341. The molecule has 31 heavy (non-hydrogen) atoms. The molecule has 0 bridgehead atoms. The van der Waals surface area contributed by atoms with Crippen molar-refractivity contribution in [1.29, 1.82) is 0 Å². The molecule has 0 aliphatic rings. The van der Waals surface area contributed by atoms with Crippen LogP contribution in [0.1, 0.15) is 28.8 Å². The van der Waals surface area contributed by atoms with Crippen molar-refractivity contribution in [3.8, 4) is 0 Å². The van der Waals surface area contributed by atoms with Crippen LogP contribution in [-0.4, -0.2) is 33.6 Å². The second-order valence-electron chi connectivity index (χ2n) is 6.55. The van der Waals surface area contributed by atoms with Crippen LogP contribution in [0, 0.1) is 0 Å². The number of nitrogens with one attached hydrogen (secondary N) is 2. The lowest BCUT2D eigenvalue weighted by Gasteiger charge is -2.11. The van der Waals surface area contributed by atoms with Gasteiger partial charge in [-0.15, -0.1) is 35.3 Å². The van der Waals surface area contributed by atoms with Crippen molar-refractivity contribution < 1.29 is 13.2 Å². The number of aliphatic imine (C=N–C) groups is 1. The summed E-state index contributed by atoms with van der Waals surface area (Å²) in [4.78, 5) is 12.2. The van der Waals surface area contributed by atoms with E-state index in [9.17, 15) is 13.2 Å². The largest absolute Gasteiger partial charge is 0.434 e. The second kappa shape index (κ2) is 12.0. The molecule has 6 nitrogen and oxygen atoms in total. The quantitative estimate of drug-likeness (QED) is 0.243. The van der Waals surface area contributed by atoms with Crippen LogP contribution < -0.4 is 10.6 Å². The zero-order valence-corrected chi connectivity index (χ0v) is 20.0. The number of nitrogens with zero attached hydrogens (tertiary/aromatic N) is 4. The molecule has 0 aliphatic carbocycles. The van der Waals surface area contributed by atoms with E-state index in [-0.39, 0.29) is 24.0 Å². The van der Waals surface area contributed by atoms with E-state index in [2.05, 4.69) is 37.7 Å². The van der Waals surface area contributed by atoms with E-state index in [1.807, 2.05) is 29.8 Å². The first kappa shape index (κ1) is 25.1. The van der Waals surface area contributed by atoms with Gasteiger partial charge in [-0.2, -0.15) is 13.2 Å².